The quantitative estimate of drug-likeness (QED) is 0.889. The van der Waals surface area contributed by atoms with Gasteiger partial charge < -0.3 is 10.1 Å². The van der Waals surface area contributed by atoms with Crippen molar-refractivity contribution in [3.63, 3.8) is 0 Å². The Morgan fingerprint density at radius 3 is 2.90 bits per heavy atom. The van der Waals surface area contributed by atoms with Gasteiger partial charge >= 0.3 is 0 Å². The molecule has 0 bridgehead atoms. The molecule has 1 saturated heterocycles. The van der Waals surface area contributed by atoms with Crippen molar-refractivity contribution < 1.29 is 4.74 Å². The molecule has 1 aliphatic heterocycles. The Hall–Kier alpha value is -0.580. The largest absolute Gasteiger partial charge is 0.497 e. The molecule has 1 N–H and O–H groups in total. The molecule has 1 aromatic rings. The molecule has 0 amide bonds. The summed E-state index contributed by atoms with van der Waals surface area (Å²) < 4.78 is 6.52. The fourth-order valence-electron chi connectivity index (χ4n) is 2.89. The van der Waals surface area contributed by atoms with Crippen molar-refractivity contribution in [3.05, 3.63) is 28.2 Å². The first-order chi connectivity index (χ1) is 9.97. The SMILES string of the molecule is CCC1(C)CN(Cc2cc(OC)ccc2Br)C(C)CCN1. The molecule has 21 heavy (non-hydrogen) atoms. The third-order valence-electron chi connectivity index (χ3n) is 4.70. The smallest absolute Gasteiger partial charge is 0.119 e. The Morgan fingerprint density at radius 1 is 1.48 bits per heavy atom. The number of benzene rings is 1. The number of hydrogen-bond acceptors (Lipinski definition) is 3. The fourth-order valence-corrected chi connectivity index (χ4v) is 3.26. The number of nitrogens with zero attached hydrogens (tertiary/aromatic N) is 1. The van der Waals surface area contributed by atoms with Crippen molar-refractivity contribution >= 4 is 15.9 Å². The zero-order chi connectivity index (χ0) is 15.5. The standard InChI is InChI=1S/C17H27BrN2O/c1-5-17(3)12-20(13(2)8-9-19-17)11-14-10-15(21-4)6-7-16(14)18/h6-7,10,13,19H,5,8-9,11-12H2,1-4H3. The molecule has 4 heteroatoms. The molecule has 1 aliphatic rings. The molecule has 3 nitrogen and oxygen atoms in total. The topological polar surface area (TPSA) is 24.5 Å². The number of methoxy groups -OCH3 is 1. The molecule has 2 atom stereocenters. The predicted molar refractivity (Wildman–Crippen MR) is 91.9 cm³/mol. The van der Waals surface area contributed by atoms with E-state index >= 15 is 0 Å². The molecule has 0 spiro atoms. The monoisotopic (exact) mass is 354 g/mol. The van der Waals surface area contributed by atoms with Crippen LogP contribution in [0.1, 0.15) is 39.2 Å². The molecule has 0 aromatic heterocycles. The van der Waals surface area contributed by atoms with Gasteiger partial charge in [0.2, 0.25) is 0 Å². The molecule has 1 heterocycles. The van der Waals surface area contributed by atoms with Crippen LogP contribution in [0.3, 0.4) is 0 Å². The molecule has 118 valence electrons. The molecule has 0 radical (unpaired) electrons. The van der Waals surface area contributed by atoms with Crippen molar-refractivity contribution in [2.24, 2.45) is 0 Å². The zero-order valence-corrected chi connectivity index (χ0v) is 15.2. The van der Waals surface area contributed by atoms with Gasteiger partial charge in [0, 0.05) is 29.1 Å². The highest BCUT2D eigenvalue weighted by molar-refractivity contribution is 9.10. The van der Waals surface area contributed by atoms with E-state index < -0.39 is 0 Å². The van der Waals surface area contributed by atoms with Gasteiger partial charge in [-0.1, -0.05) is 22.9 Å². The van der Waals surface area contributed by atoms with Gasteiger partial charge in [-0.15, -0.1) is 0 Å². The van der Waals surface area contributed by atoms with E-state index in [4.69, 9.17) is 4.74 Å². The summed E-state index contributed by atoms with van der Waals surface area (Å²) in [6, 6.07) is 6.80. The summed E-state index contributed by atoms with van der Waals surface area (Å²) in [5.74, 6) is 0.923. The lowest BCUT2D eigenvalue weighted by Gasteiger charge is -2.35. The van der Waals surface area contributed by atoms with E-state index in [0.29, 0.717) is 6.04 Å². The van der Waals surface area contributed by atoms with Gasteiger partial charge in [-0.05, 0) is 57.0 Å². The summed E-state index contributed by atoms with van der Waals surface area (Å²) in [4.78, 5) is 2.59. The second-order valence-electron chi connectivity index (χ2n) is 6.34. The Kier molecular flexibility index (Phi) is 5.69. The number of nitrogens with one attached hydrogen (secondary N) is 1. The maximum Gasteiger partial charge on any atom is 0.119 e. The first kappa shape index (κ1) is 16.8. The summed E-state index contributed by atoms with van der Waals surface area (Å²) in [6.07, 6.45) is 2.34. The van der Waals surface area contributed by atoms with Crippen LogP contribution in [0.2, 0.25) is 0 Å². The summed E-state index contributed by atoms with van der Waals surface area (Å²) in [6.45, 7) is 10.1. The van der Waals surface area contributed by atoms with E-state index in [-0.39, 0.29) is 5.54 Å². The van der Waals surface area contributed by atoms with Gasteiger partial charge in [0.1, 0.15) is 5.75 Å². The zero-order valence-electron chi connectivity index (χ0n) is 13.6. The van der Waals surface area contributed by atoms with Crippen LogP contribution in [0.15, 0.2) is 22.7 Å². The van der Waals surface area contributed by atoms with Crippen LogP contribution in [0.5, 0.6) is 5.75 Å². The van der Waals surface area contributed by atoms with E-state index in [9.17, 15) is 0 Å². The molecule has 0 saturated carbocycles. The molecular weight excluding hydrogens is 328 g/mol. The lowest BCUT2D eigenvalue weighted by Crippen LogP contribution is -2.49. The number of rotatable bonds is 4. The predicted octanol–water partition coefficient (Wildman–Crippen LogP) is 3.81. The van der Waals surface area contributed by atoms with Crippen LogP contribution in [0.25, 0.3) is 0 Å². The summed E-state index contributed by atoms with van der Waals surface area (Å²) in [7, 11) is 1.72. The highest BCUT2D eigenvalue weighted by Gasteiger charge is 2.30. The van der Waals surface area contributed by atoms with Crippen molar-refractivity contribution in [2.75, 3.05) is 20.2 Å². The second kappa shape index (κ2) is 7.12. The maximum absolute atomic E-state index is 5.36. The van der Waals surface area contributed by atoms with Gasteiger partial charge in [0.05, 0.1) is 7.11 Å². The lowest BCUT2D eigenvalue weighted by molar-refractivity contribution is 0.163. The number of hydrogen-bond donors (Lipinski definition) is 1. The average Bonchev–Trinajstić information content (AvgIpc) is 2.61. The van der Waals surface area contributed by atoms with E-state index in [1.165, 1.54) is 12.0 Å². The van der Waals surface area contributed by atoms with E-state index in [1.54, 1.807) is 7.11 Å². The molecule has 2 unspecified atom stereocenters. The van der Waals surface area contributed by atoms with Crippen LogP contribution in [-0.4, -0.2) is 36.7 Å². The first-order valence-electron chi connectivity index (χ1n) is 7.79. The van der Waals surface area contributed by atoms with E-state index in [0.717, 1.165) is 36.3 Å². The fraction of sp³-hybridized carbons (Fsp3) is 0.647. The van der Waals surface area contributed by atoms with Gasteiger partial charge in [0.25, 0.3) is 0 Å². The van der Waals surface area contributed by atoms with Crippen molar-refractivity contribution in [1.82, 2.24) is 10.2 Å². The minimum atomic E-state index is 0.204. The lowest BCUT2D eigenvalue weighted by atomic mass is 9.98. The minimum absolute atomic E-state index is 0.204. The van der Waals surface area contributed by atoms with Crippen LogP contribution in [0, 0.1) is 0 Å². The highest BCUT2D eigenvalue weighted by Crippen LogP contribution is 2.27. The molecule has 2 rings (SSSR count). The molecule has 1 fully saturated rings. The first-order valence-corrected chi connectivity index (χ1v) is 8.58. The minimum Gasteiger partial charge on any atom is -0.497 e. The van der Waals surface area contributed by atoms with Gasteiger partial charge in [-0.25, -0.2) is 0 Å². The van der Waals surface area contributed by atoms with Crippen LogP contribution < -0.4 is 10.1 Å². The second-order valence-corrected chi connectivity index (χ2v) is 7.20. The Bertz CT molecular complexity index is 480. The summed E-state index contributed by atoms with van der Waals surface area (Å²) >= 11 is 3.67. The van der Waals surface area contributed by atoms with E-state index in [1.807, 2.05) is 6.07 Å². The van der Waals surface area contributed by atoms with E-state index in [2.05, 4.69) is 59.1 Å². The van der Waals surface area contributed by atoms with Crippen molar-refractivity contribution in [2.45, 2.75) is 51.7 Å². The summed E-state index contributed by atoms with van der Waals surface area (Å²) in [5, 5.41) is 3.71. The third kappa shape index (κ3) is 4.21. The normalized spacial score (nSPS) is 27.4. The number of ether oxygens (including phenoxy) is 1. The van der Waals surface area contributed by atoms with Crippen molar-refractivity contribution in [1.29, 1.82) is 0 Å². The van der Waals surface area contributed by atoms with Gasteiger partial charge in [0.15, 0.2) is 0 Å². The molecular formula is C17H27BrN2O. The van der Waals surface area contributed by atoms with Crippen molar-refractivity contribution in [3.8, 4) is 5.75 Å². The Balaban J connectivity index is 2.19. The number of halogens is 1. The molecule has 1 aromatic carbocycles. The van der Waals surface area contributed by atoms with Crippen LogP contribution in [-0.2, 0) is 6.54 Å². The average molecular weight is 355 g/mol. The molecule has 0 aliphatic carbocycles. The Labute approximate surface area is 137 Å². The van der Waals surface area contributed by atoms with Gasteiger partial charge in [-0.2, -0.15) is 0 Å². The van der Waals surface area contributed by atoms with Crippen LogP contribution in [0.4, 0.5) is 0 Å². The maximum atomic E-state index is 5.36. The third-order valence-corrected chi connectivity index (χ3v) is 5.47. The van der Waals surface area contributed by atoms with Crippen LogP contribution >= 0.6 is 15.9 Å². The van der Waals surface area contributed by atoms with Gasteiger partial charge in [-0.3, -0.25) is 4.90 Å². The Morgan fingerprint density at radius 2 is 2.24 bits per heavy atom. The summed E-state index contributed by atoms with van der Waals surface area (Å²) in [5.41, 5.74) is 1.50. The highest BCUT2D eigenvalue weighted by atomic mass is 79.9.